The van der Waals surface area contributed by atoms with Gasteiger partial charge in [-0.15, -0.1) is 0 Å². The van der Waals surface area contributed by atoms with Gasteiger partial charge < -0.3 is 9.87 Å². The molecule has 1 unspecified atom stereocenters. The summed E-state index contributed by atoms with van der Waals surface area (Å²) in [6.07, 6.45) is 0.914. The number of hydrogen-bond acceptors (Lipinski definition) is 5. The van der Waals surface area contributed by atoms with Crippen LogP contribution in [0.4, 0.5) is 0 Å². The van der Waals surface area contributed by atoms with E-state index < -0.39 is 30.5 Å². The molecule has 1 rings (SSSR count). The van der Waals surface area contributed by atoms with Gasteiger partial charge in [-0.2, -0.15) is 0 Å². The first-order chi connectivity index (χ1) is 7.05. The van der Waals surface area contributed by atoms with E-state index in [-0.39, 0.29) is 10.6 Å². The number of hydrogen-bond donors (Lipinski definition) is 2. The number of nitrogens with zero attached hydrogens (tertiary/aromatic N) is 1. The molecule has 1 atom stereocenters. The van der Waals surface area contributed by atoms with Crippen molar-refractivity contribution in [3.05, 3.63) is 10.6 Å². The van der Waals surface area contributed by atoms with Crippen molar-refractivity contribution in [3.63, 3.8) is 0 Å². The number of sulfone groups is 1. The van der Waals surface area contributed by atoms with Crippen molar-refractivity contribution in [2.24, 2.45) is 4.99 Å². The van der Waals surface area contributed by atoms with Crippen molar-refractivity contribution in [1.82, 2.24) is 5.32 Å². The second-order valence-corrected chi connectivity index (χ2v) is 7.18. The summed E-state index contributed by atoms with van der Waals surface area (Å²) in [7, 11) is -3.62. The Morgan fingerprint density at radius 2 is 2.00 bits per heavy atom. The number of aliphatic imine (C=N–C) groups is 1. The number of alkyl halides is 2. The molecule has 0 amide bonds. The summed E-state index contributed by atoms with van der Waals surface area (Å²) >= 11 is 8.94. The average Bonchev–Trinajstić information content (AvgIpc) is 1.97. The van der Waals surface area contributed by atoms with Gasteiger partial charge in [0.1, 0.15) is 4.91 Å². The van der Waals surface area contributed by atoms with Crippen molar-refractivity contribution < 1.29 is 17.2 Å². The van der Waals surface area contributed by atoms with Crippen LogP contribution in [0.25, 0.3) is 0 Å². The molecule has 2 N–H and O–H groups in total. The fraction of sp³-hybridized carbons (Fsp3) is 0.500. The van der Waals surface area contributed by atoms with Crippen LogP contribution < -0.4 is 5.32 Å². The van der Waals surface area contributed by atoms with E-state index in [1.807, 2.05) is 0 Å². The molecule has 0 aromatic heterocycles. The van der Waals surface area contributed by atoms with Crippen LogP contribution in [-0.4, -0.2) is 33.1 Å². The van der Waals surface area contributed by atoms with Gasteiger partial charge in [0.25, 0.3) is 0 Å². The largest absolute Gasteiger partial charge is 0.334 e. The molecule has 10 heteroatoms. The second kappa shape index (κ2) is 4.26. The first-order valence-electron chi connectivity index (χ1n) is 3.82. The molecule has 0 spiro atoms. The molecule has 16 heavy (non-hydrogen) atoms. The Kier molecular flexibility index (Phi) is 3.71. The van der Waals surface area contributed by atoms with E-state index in [2.05, 4.69) is 10.3 Å². The summed E-state index contributed by atoms with van der Waals surface area (Å²) < 4.78 is 40.3. The molecule has 1 heterocycles. The zero-order chi connectivity index (χ0) is 12.7. The number of rotatable bonds is 1. The Morgan fingerprint density at radius 1 is 1.50 bits per heavy atom. The lowest BCUT2D eigenvalue weighted by Gasteiger charge is -2.25. The zero-order valence-corrected chi connectivity index (χ0v) is 11.3. The van der Waals surface area contributed by atoms with Gasteiger partial charge in [0.15, 0.2) is 11.1 Å². The number of amidine groups is 1. The predicted molar refractivity (Wildman–Crippen MR) is 63.3 cm³/mol. The standard InChI is InChI=1S/C6H8Cl2N2O4S2/c1-3-4(15(11)12)6(7,8)10-5(9-3)16(2,13)14/h1-2H3,(H,9,10)(H,11,12). The van der Waals surface area contributed by atoms with Crippen LogP contribution in [0.2, 0.25) is 0 Å². The molecule has 0 aromatic rings. The molecule has 92 valence electrons. The molecule has 0 radical (unpaired) electrons. The van der Waals surface area contributed by atoms with Gasteiger partial charge in [0.05, 0.1) is 0 Å². The van der Waals surface area contributed by atoms with Crippen LogP contribution in [0.5, 0.6) is 0 Å². The van der Waals surface area contributed by atoms with E-state index in [9.17, 15) is 12.6 Å². The Labute approximate surface area is 105 Å². The monoisotopic (exact) mass is 306 g/mol. The number of allylic oxidation sites excluding steroid dienone is 1. The van der Waals surface area contributed by atoms with E-state index in [4.69, 9.17) is 27.8 Å². The van der Waals surface area contributed by atoms with Crippen LogP contribution in [-0.2, 0) is 20.9 Å². The maximum Gasteiger partial charge on any atom is 0.248 e. The van der Waals surface area contributed by atoms with E-state index >= 15 is 0 Å². The molecular weight excluding hydrogens is 299 g/mol. The van der Waals surface area contributed by atoms with Crippen LogP contribution in [0, 0.1) is 0 Å². The topological polar surface area (TPSA) is 95.8 Å². The summed E-state index contributed by atoms with van der Waals surface area (Å²) in [5.74, 6) is 0. The third-order valence-corrected chi connectivity index (χ3v) is 4.29. The van der Waals surface area contributed by atoms with E-state index in [0.29, 0.717) is 0 Å². The van der Waals surface area contributed by atoms with Gasteiger partial charge in [-0.25, -0.2) is 17.6 Å². The second-order valence-electron chi connectivity index (χ2n) is 3.06. The van der Waals surface area contributed by atoms with Gasteiger partial charge in [-0.05, 0) is 6.92 Å². The van der Waals surface area contributed by atoms with Crippen LogP contribution in [0.1, 0.15) is 6.92 Å². The van der Waals surface area contributed by atoms with Crippen molar-refractivity contribution >= 4 is 49.3 Å². The maximum atomic E-state index is 11.2. The lowest BCUT2D eigenvalue weighted by molar-refractivity contribution is 0.566. The highest BCUT2D eigenvalue weighted by Gasteiger charge is 2.40. The molecule has 0 aliphatic carbocycles. The highest BCUT2D eigenvalue weighted by Crippen LogP contribution is 2.37. The highest BCUT2D eigenvalue weighted by atomic mass is 35.5. The molecule has 0 saturated heterocycles. The van der Waals surface area contributed by atoms with Crippen LogP contribution in [0.15, 0.2) is 15.6 Å². The SMILES string of the molecule is CC1=C(S(=O)O)C(Cl)(Cl)N=C(S(C)(=O)=O)N1. The van der Waals surface area contributed by atoms with Crippen molar-refractivity contribution in [2.75, 3.05) is 6.26 Å². The minimum Gasteiger partial charge on any atom is -0.334 e. The molecule has 0 saturated carbocycles. The third kappa shape index (κ3) is 2.75. The van der Waals surface area contributed by atoms with Crippen molar-refractivity contribution in [1.29, 1.82) is 0 Å². The summed E-state index contributed by atoms with van der Waals surface area (Å²) in [4.78, 5) is 3.19. The minimum atomic E-state index is -3.62. The van der Waals surface area contributed by atoms with Crippen molar-refractivity contribution in [2.45, 2.75) is 11.4 Å². The maximum absolute atomic E-state index is 11.2. The number of halogens is 2. The third-order valence-electron chi connectivity index (χ3n) is 1.68. The van der Waals surface area contributed by atoms with Crippen LogP contribution in [0.3, 0.4) is 0 Å². The Morgan fingerprint density at radius 3 is 2.31 bits per heavy atom. The smallest absolute Gasteiger partial charge is 0.248 e. The molecule has 0 aromatic carbocycles. The van der Waals surface area contributed by atoms with Gasteiger partial charge in [-0.3, -0.25) is 0 Å². The quantitative estimate of drug-likeness (QED) is 0.419. The Balaban J connectivity index is 3.34. The van der Waals surface area contributed by atoms with Gasteiger partial charge in [0, 0.05) is 12.0 Å². The first kappa shape index (κ1) is 13.9. The molecular formula is C6H8Cl2N2O4S2. The van der Waals surface area contributed by atoms with Gasteiger partial charge >= 0.3 is 0 Å². The predicted octanol–water partition coefficient (Wildman–Crippen LogP) is 0.575. The Hall–Kier alpha value is -0.150. The summed E-state index contributed by atoms with van der Waals surface area (Å²) in [6.45, 7) is 1.38. The molecule has 0 fully saturated rings. The lowest BCUT2D eigenvalue weighted by atomic mass is 10.4. The average molecular weight is 307 g/mol. The molecule has 0 bridgehead atoms. The van der Waals surface area contributed by atoms with Crippen molar-refractivity contribution in [3.8, 4) is 0 Å². The van der Waals surface area contributed by atoms with Crippen LogP contribution >= 0.6 is 23.2 Å². The summed E-state index contributed by atoms with van der Waals surface area (Å²) in [5.41, 5.74) is 0.0845. The molecule has 1 aliphatic heterocycles. The van der Waals surface area contributed by atoms with E-state index in [1.54, 1.807) is 0 Å². The number of nitrogens with one attached hydrogen (secondary N) is 1. The summed E-state index contributed by atoms with van der Waals surface area (Å²) in [6, 6.07) is 0. The van der Waals surface area contributed by atoms with Gasteiger partial charge in [0.2, 0.25) is 19.5 Å². The molecule has 1 aliphatic rings. The lowest BCUT2D eigenvalue weighted by Crippen LogP contribution is -2.39. The van der Waals surface area contributed by atoms with E-state index in [0.717, 1.165) is 6.26 Å². The highest BCUT2D eigenvalue weighted by molar-refractivity contribution is 8.05. The zero-order valence-electron chi connectivity index (χ0n) is 8.19. The fourth-order valence-electron chi connectivity index (χ4n) is 1.06. The fourth-order valence-corrected chi connectivity index (χ4v) is 3.22. The summed E-state index contributed by atoms with van der Waals surface area (Å²) in [5, 5.41) is 1.92. The minimum absolute atomic E-state index is 0.0845. The van der Waals surface area contributed by atoms with Gasteiger partial charge in [-0.1, -0.05) is 23.2 Å². The Bertz CT molecular complexity index is 509. The normalized spacial score (nSPS) is 22.4. The first-order valence-corrected chi connectivity index (χ1v) is 7.58. The van der Waals surface area contributed by atoms with E-state index in [1.165, 1.54) is 6.92 Å². The molecule has 6 nitrogen and oxygen atoms in total.